The van der Waals surface area contributed by atoms with Crippen molar-refractivity contribution in [1.82, 2.24) is 20.0 Å². The second-order valence-corrected chi connectivity index (χ2v) is 11.5. The van der Waals surface area contributed by atoms with Gasteiger partial charge in [0.2, 0.25) is 0 Å². The number of hydrogen-bond donors (Lipinski definition) is 2. The summed E-state index contributed by atoms with van der Waals surface area (Å²) in [5, 5.41) is 17.3. The molecule has 0 radical (unpaired) electrons. The van der Waals surface area contributed by atoms with Crippen molar-refractivity contribution >= 4 is 28.5 Å². The topological polar surface area (TPSA) is 102 Å². The van der Waals surface area contributed by atoms with Crippen LogP contribution in [0.1, 0.15) is 52.9 Å². The van der Waals surface area contributed by atoms with Gasteiger partial charge in [-0.1, -0.05) is 38.4 Å². The fraction of sp³-hybridized carbons (Fsp3) is 0.414. The fourth-order valence-corrected chi connectivity index (χ4v) is 5.03. The summed E-state index contributed by atoms with van der Waals surface area (Å²) in [5.41, 5.74) is 4.40. The van der Waals surface area contributed by atoms with Gasteiger partial charge < -0.3 is 19.7 Å². The van der Waals surface area contributed by atoms with Gasteiger partial charge in [-0.25, -0.2) is 0 Å². The van der Waals surface area contributed by atoms with E-state index in [-0.39, 0.29) is 17.9 Å². The lowest BCUT2D eigenvalue weighted by atomic mass is 9.97. The van der Waals surface area contributed by atoms with Crippen molar-refractivity contribution in [2.75, 3.05) is 13.1 Å². The molecular weight excluding hydrogens is 504 g/mol. The number of pyridine rings is 2. The zero-order chi connectivity index (χ0) is 26.9. The number of aliphatic carboxylic acids is 1. The maximum atomic E-state index is 10.1. The molecule has 9 heteroatoms. The SMILES string of the molecule is CC(C)(C)CNCCC(=O)O.Clc1cc(-c2nc(-n3c4cc5cc-4ccc53)no2)ccc1OC1CCCC1. The van der Waals surface area contributed by atoms with Crippen LogP contribution in [0.3, 0.4) is 0 Å². The highest BCUT2D eigenvalue weighted by molar-refractivity contribution is 6.32. The molecule has 0 spiro atoms. The molecule has 3 aliphatic rings. The molecule has 0 saturated heterocycles. The number of halogens is 1. The molecule has 8 nitrogen and oxygen atoms in total. The first-order chi connectivity index (χ1) is 18.2. The first-order valence-corrected chi connectivity index (χ1v) is 13.4. The summed E-state index contributed by atoms with van der Waals surface area (Å²) in [6.45, 7) is 7.76. The van der Waals surface area contributed by atoms with Crippen molar-refractivity contribution in [3.05, 3.63) is 47.5 Å². The fourth-order valence-electron chi connectivity index (χ4n) is 4.80. The van der Waals surface area contributed by atoms with Gasteiger partial charge in [-0.15, -0.1) is 0 Å². The van der Waals surface area contributed by atoms with Crippen LogP contribution >= 0.6 is 11.6 Å². The first-order valence-electron chi connectivity index (χ1n) is 13.1. The minimum absolute atomic E-state index is 0.204. The highest BCUT2D eigenvalue weighted by Crippen LogP contribution is 2.39. The van der Waals surface area contributed by atoms with Crippen LogP contribution in [0, 0.1) is 5.41 Å². The van der Waals surface area contributed by atoms with E-state index in [1.54, 1.807) is 0 Å². The van der Waals surface area contributed by atoms with Crippen molar-refractivity contribution in [3.8, 4) is 34.4 Å². The van der Waals surface area contributed by atoms with Gasteiger partial charge in [0, 0.05) is 24.0 Å². The predicted molar refractivity (Wildman–Crippen MR) is 148 cm³/mol. The van der Waals surface area contributed by atoms with Gasteiger partial charge in [-0.3, -0.25) is 9.36 Å². The number of carbonyl (C=O) groups is 1. The van der Waals surface area contributed by atoms with Crippen LogP contribution in [-0.2, 0) is 4.79 Å². The standard InChI is InChI=1S/C21H16ClN3O2.C8H17NO2/c22-16-10-13(6-8-19(16)26-15-3-1-2-4-15)20-23-21(24-27-20)25-17-7-5-12-9-14(17)11-18(12)25;1-8(2,3)6-9-5-4-7(10)11/h5-11,15H,1-4H2;9H,4-6H2,1-3H3,(H,10,11). The Morgan fingerprint density at radius 1 is 1.16 bits per heavy atom. The molecule has 0 atom stereocenters. The Labute approximate surface area is 226 Å². The Kier molecular flexibility index (Phi) is 7.45. The predicted octanol–water partition coefficient (Wildman–Crippen LogP) is 6.73. The van der Waals surface area contributed by atoms with Gasteiger partial charge in [0.15, 0.2) is 0 Å². The molecule has 200 valence electrons. The molecule has 2 aliphatic carbocycles. The molecule has 2 N–H and O–H groups in total. The monoisotopic (exact) mass is 536 g/mol. The first kappa shape index (κ1) is 26.3. The lowest BCUT2D eigenvalue weighted by molar-refractivity contribution is -0.136. The Bertz CT molecular complexity index is 1450. The van der Waals surface area contributed by atoms with Crippen LogP contribution in [0.2, 0.25) is 5.02 Å². The molecule has 1 fully saturated rings. The van der Waals surface area contributed by atoms with Crippen molar-refractivity contribution < 1.29 is 19.2 Å². The van der Waals surface area contributed by atoms with Crippen molar-refractivity contribution in [2.45, 2.75) is 59.0 Å². The van der Waals surface area contributed by atoms with E-state index in [4.69, 9.17) is 26.0 Å². The summed E-state index contributed by atoms with van der Waals surface area (Å²) in [6, 6.07) is 14.1. The number of hydrogen-bond acceptors (Lipinski definition) is 6. The Morgan fingerprint density at radius 3 is 2.58 bits per heavy atom. The second kappa shape index (κ2) is 10.8. The van der Waals surface area contributed by atoms with Crippen molar-refractivity contribution in [2.24, 2.45) is 5.41 Å². The highest BCUT2D eigenvalue weighted by Gasteiger charge is 2.23. The van der Waals surface area contributed by atoms with Crippen LogP contribution in [-0.4, -0.2) is 45.0 Å². The van der Waals surface area contributed by atoms with Gasteiger partial charge in [0.05, 0.1) is 28.8 Å². The number of nitrogens with one attached hydrogen (secondary N) is 1. The molecule has 0 unspecified atom stereocenters. The third kappa shape index (κ3) is 5.87. The summed E-state index contributed by atoms with van der Waals surface area (Å²) in [6.07, 6.45) is 5.12. The number of fused-ring (bicyclic) bond motifs is 1. The van der Waals surface area contributed by atoms with Crippen LogP contribution < -0.4 is 10.1 Å². The molecule has 38 heavy (non-hydrogen) atoms. The molecular formula is C29H33ClN4O4. The summed E-state index contributed by atoms with van der Waals surface area (Å²) in [7, 11) is 0. The number of aromatic nitrogens is 3. The molecule has 0 amide bonds. The number of carboxylic acid groups (broad SMARTS) is 1. The van der Waals surface area contributed by atoms with Crippen LogP contribution in [0.5, 0.6) is 5.75 Å². The van der Waals surface area contributed by atoms with Crippen molar-refractivity contribution in [1.29, 1.82) is 0 Å². The van der Waals surface area contributed by atoms with Gasteiger partial charge in [0.25, 0.3) is 11.8 Å². The highest BCUT2D eigenvalue weighted by atomic mass is 35.5. The maximum Gasteiger partial charge on any atom is 0.304 e. The molecule has 2 aromatic carbocycles. The van der Waals surface area contributed by atoms with E-state index in [9.17, 15) is 4.79 Å². The largest absolute Gasteiger partial charge is 0.489 e. The van der Waals surface area contributed by atoms with Crippen LogP contribution in [0.25, 0.3) is 39.6 Å². The number of benzene rings is 2. The number of carboxylic acids is 1. The number of ether oxygens (including phenoxy) is 1. The Balaban J connectivity index is 0.000000230. The maximum absolute atomic E-state index is 10.1. The lowest BCUT2D eigenvalue weighted by Crippen LogP contribution is -2.28. The molecule has 4 aromatic rings. The minimum atomic E-state index is -0.744. The van der Waals surface area contributed by atoms with Crippen LogP contribution in [0.4, 0.5) is 0 Å². The van der Waals surface area contributed by atoms with E-state index in [0.29, 0.717) is 23.4 Å². The van der Waals surface area contributed by atoms with E-state index in [2.05, 4.69) is 60.5 Å². The zero-order valence-electron chi connectivity index (χ0n) is 22.0. The van der Waals surface area contributed by atoms with Gasteiger partial charge in [-0.2, -0.15) is 4.98 Å². The van der Waals surface area contributed by atoms with Crippen LogP contribution in [0.15, 0.2) is 47.0 Å². The van der Waals surface area contributed by atoms with E-state index >= 15 is 0 Å². The quantitative estimate of drug-likeness (QED) is 0.212. The van der Waals surface area contributed by atoms with E-state index in [0.717, 1.165) is 41.9 Å². The molecule has 2 aromatic heterocycles. The minimum Gasteiger partial charge on any atom is -0.489 e. The molecule has 7 rings (SSSR count). The zero-order valence-corrected chi connectivity index (χ0v) is 22.7. The average molecular weight is 537 g/mol. The van der Waals surface area contributed by atoms with Crippen molar-refractivity contribution in [3.63, 3.8) is 0 Å². The van der Waals surface area contributed by atoms with E-state index in [1.165, 1.54) is 23.8 Å². The third-order valence-electron chi connectivity index (χ3n) is 6.66. The van der Waals surface area contributed by atoms with Gasteiger partial charge >= 0.3 is 5.97 Å². The Morgan fingerprint density at radius 2 is 1.92 bits per heavy atom. The average Bonchev–Trinajstić information content (AvgIpc) is 3.66. The van der Waals surface area contributed by atoms with Gasteiger partial charge in [0.1, 0.15) is 5.75 Å². The third-order valence-corrected chi connectivity index (χ3v) is 6.95. The number of nitrogens with zero attached hydrogens (tertiary/aromatic N) is 3. The smallest absolute Gasteiger partial charge is 0.304 e. The van der Waals surface area contributed by atoms with E-state index < -0.39 is 5.97 Å². The summed E-state index contributed by atoms with van der Waals surface area (Å²) >= 11 is 6.44. The number of rotatable bonds is 8. The molecule has 3 heterocycles. The summed E-state index contributed by atoms with van der Waals surface area (Å²) in [4.78, 5) is 14.7. The summed E-state index contributed by atoms with van der Waals surface area (Å²) in [5.74, 6) is 0.961. The van der Waals surface area contributed by atoms with E-state index in [1.807, 2.05) is 22.8 Å². The molecule has 1 saturated carbocycles. The summed E-state index contributed by atoms with van der Waals surface area (Å²) < 4.78 is 13.6. The molecule has 4 bridgehead atoms. The Hall–Kier alpha value is -3.36. The lowest BCUT2D eigenvalue weighted by Gasteiger charge is -2.18. The second-order valence-electron chi connectivity index (χ2n) is 11.1. The normalized spacial score (nSPS) is 14.4. The van der Waals surface area contributed by atoms with Gasteiger partial charge in [-0.05, 0) is 78.2 Å². The molecule has 1 aliphatic heterocycles.